The molecule has 1 aromatic heterocycles. The van der Waals surface area contributed by atoms with Gasteiger partial charge in [-0.3, -0.25) is 4.79 Å². The molecule has 2 rings (SSSR count). The van der Waals surface area contributed by atoms with Crippen LogP contribution in [0.1, 0.15) is 54.6 Å². The topological polar surface area (TPSA) is 30.2 Å². The summed E-state index contributed by atoms with van der Waals surface area (Å²) in [6.45, 7) is 1.93. The third kappa shape index (κ3) is 2.49. The van der Waals surface area contributed by atoms with E-state index in [0.717, 1.165) is 5.56 Å². The second-order valence-corrected chi connectivity index (χ2v) is 4.56. The molecule has 0 amide bonds. The van der Waals surface area contributed by atoms with Gasteiger partial charge >= 0.3 is 0 Å². The Labute approximate surface area is 90.7 Å². The number of Topliss-reactive ketones (excluding diaryl/α,β-unsaturated/α-hetero) is 1. The van der Waals surface area contributed by atoms with Gasteiger partial charge in [0.1, 0.15) is 0 Å². The molecule has 1 aliphatic rings. The molecule has 0 N–H and O–H groups in total. The molecule has 0 bridgehead atoms. The van der Waals surface area contributed by atoms with E-state index < -0.39 is 0 Å². The highest BCUT2D eigenvalue weighted by molar-refractivity contribution is 5.94. The second-order valence-electron chi connectivity index (χ2n) is 4.56. The molecule has 1 saturated carbocycles. The number of furan rings is 1. The summed E-state index contributed by atoms with van der Waals surface area (Å²) >= 11 is 0. The Hall–Kier alpha value is -1.05. The Morgan fingerprint density at radius 1 is 1.40 bits per heavy atom. The Bertz CT molecular complexity index is 332. The van der Waals surface area contributed by atoms with Gasteiger partial charge < -0.3 is 4.42 Å². The van der Waals surface area contributed by atoms with E-state index in [1.54, 1.807) is 6.26 Å². The Morgan fingerprint density at radius 2 is 2.13 bits per heavy atom. The lowest BCUT2D eigenvalue weighted by atomic mass is 9.85. The van der Waals surface area contributed by atoms with Crippen molar-refractivity contribution in [1.29, 1.82) is 0 Å². The van der Waals surface area contributed by atoms with Crippen molar-refractivity contribution >= 4 is 5.78 Å². The smallest absolute Gasteiger partial charge is 0.198 e. The monoisotopic (exact) mass is 206 g/mol. The van der Waals surface area contributed by atoms with Gasteiger partial charge in [-0.1, -0.05) is 32.1 Å². The number of hydrogen-bond acceptors (Lipinski definition) is 2. The lowest BCUT2D eigenvalue weighted by Crippen LogP contribution is -2.12. The lowest BCUT2D eigenvalue weighted by Gasteiger charge is -2.20. The SMILES string of the molecule is Cc1ccoc1C(=O)CC1CCCCC1. The zero-order chi connectivity index (χ0) is 10.7. The van der Waals surface area contributed by atoms with Crippen molar-refractivity contribution < 1.29 is 9.21 Å². The van der Waals surface area contributed by atoms with Crippen LogP contribution in [0.15, 0.2) is 16.7 Å². The van der Waals surface area contributed by atoms with Crippen molar-refractivity contribution in [1.82, 2.24) is 0 Å². The molecule has 0 aromatic carbocycles. The zero-order valence-corrected chi connectivity index (χ0v) is 9.29. The highest BCUT2D eigenvalue weighted by Gasteiger charge is 2.20. The molecule has 82 valence electrons. The van der Waals surface area contributed by atoms with Gasteiger partial charge in [-0.05, 0) is 24.5 Å². The lowest BCUT2D eigenvalue weighted by molar-refractivity contribution is 0.0922. The Kier molecular flexibility index (Phi) is 3.24. The average molecular weight is 206 g/mol. The van der Waals surface area contributed by atoms with Crippen LogP contribution in [-0.4, -0.2) is 5.78 Å². The molecule has 1 heterocycles. The first-order chi connectivity index (χ1) is 7.27. The predicted octanol–water partition coefficient (Wildman–Crippen LogP) is 3.74. The van der Waals surface area contributed by atoms with Crippen LogP contribution < -0.4 is 0 Å². The predicted molar refractivity (Wildman–Crippen MR) is 59.0 cm³/mol. The van der Waals surface area contributed by atoms with Crippen LogP contribution in [0.5, 0.6) is 0 Å². The van der Waals surface area contributed by atoms with Gasteiger partial charge in [-0.2, -0.15) is 0 Å². The highest BCUT2D eigenvalue weighted by atomic mass is 16.3. The van der Waals surface area contributed by atoms with Crippen molar-refractivity contribution in [2.45, 2.75) is 45.4 Å². The summed E-state index contributed by atoms with van der Waals surface area (Å²) in [7, 11) is 0. The molecule has 0 radical (unpaired) electrons. The standard InChI is InChI=1S/C13H18O2/c1-10-7-8-15-13(10)12(14)9-11-5-3-2-4-6-11/h7-8,11H,2-6,9H2,1H3. The number of ketones is 1. The summed E-state index contributed by atoms with van der Waals surface area (Å²) in [5.74, 6) is 1.35. The molecule has 0 saturated heterocycles. The molecule has 0 aliphatic heterocycles. The number of rotatable bonds is 3. The minimum atomic E-state index is 0.185. The average Bonchev–Trinajstić information content (AvgIpc) is 2.66. The summed E-state index contributed by atoms with van der Waals surface area (Å²) in [4.78, 5) is 11.9. The van der Waals surface area contributed by atoms with E-state index in [1.165, 1.54) is 32.1 Å². The van der Waals surface area contributed by atoms with Crippen LogP contribution in [0.2, 0.25) is 0 Å². The third-order valence-electron chi connectivity index (χ3n) is 3.31. The van der Waals surface area contributed by atoms with Crippen molar-refractivity contribution in [2.75, 3.05) is 0 Å². The summed E-state index contributed by atoms with van der Waals surface area (Å²) in [6, 6.07) is 1.86. The van der Waals surface area contributed by atoms with Crippen molar-refractivity contribution in [3.8, 4) is 0 Å². The number of carbonyl (C=O) groups excluding carboxylic acids is 1. The van der Waals surface area contributed by atoms with E-state index in [2.05, 4.69) is 0 Å². The number of hydrogen-bond donors (Lipinski definition) is 0. The Balaban J connectivity index is 1.94. The summed E-state index contributed by atoms with van der Waals surface area (Å²) in [5, 5.41) is 0. The molecule has 0 unspecified atom stereocenters. The van der Waals surface area contributed by atoms with Crippen molar-refractivity contribution in [2.24, 2.45) is 5.92 Å². The molecule has 2 heteroatoms. The fraction of sp³-hybridized carbons (Fsp3) is 0.615. The molecule has 0 atom stereocenters. The molecular weight excluding hydrogens is 188 g/mol. The molecule has 1 aromatic rings. The van der Waals surface area contributed by atoms with Crippen LogP contribution in [0.25, 0.3) is 0 Å². The van der Waals surface area contributed by atoms with Crippen LogP contribution in [0.3, 0.4) is 0 Å². The van der Waals surface area contributed by atoms with Crippen LogP contribution in [0.4, 0.5) is 0 Å². The minimum Gasteiger partial charge on any atom is -0.461 e. The number of carbonyl (C=O) groups is 1. The fourth-order valence-electron chi connectivity index (χ4n) is 2.40. The van der Waals surface area contributed by atoms with Gasteiger partial charge in [0.25, 0.3) is 0 Å². The highest BCUT2D eigenvalue weighted by Crippen LogP contribution is 2.28. The van der Waals surface area contributed by atoms with Gasteiger partial charge in [-0.15, -0.1) is 0 Å². The normalized spacial score (nSPS) is 17.9. The van der Waals surface area contributed by atoms with Crippen molar-refractivity contribution in [3.05, 3.63) is 23.7 Å². The first-order valence-corrected chi connectivity index (χ1v) is 5.84. The summed E-state index contributed by atoms with van der Waals surface area (Å²) < 4.78 is 5.22. The molecule has 15 heavy (non-hydrogen) atoms. The maximum Gasteiger partial charge on any atom is 0.198 e. The zero-order valence-electron chi connectivity index (χ0n) is 9.29. The number of aryl methyl sites for hydroxylation is 1. The van der Waals surface area contributed by atoms with Gasteiger partial charge in [-0.25, -0.2) is 0 Å². The van der Waals surface area contributed by atoms with Crippen LogP contribution in [-0.2, 0) is 0 Å². The maximum atomic E-state index is 11.9. The summed E-state index contributed by atoms with van der Waals surface area (Å²) in [5.41, 5.74) is 0.968. The van der Waals surface area contributed by atoms with Crippen LogP contribution in [0, 0.1) is 12.8 Å². The molecular formula is C13H18O2. The van der Waals surface area contributed by atoms with E-state index >= 15 is 0 Å². The van der Waals surface area contributed by atoms with Gasteiger partial charge in [0.15, 0.2) is 11.5 Å². The molecule has 0 spiro atoms. The van der Waals surface area contributed by atoms with Gasteiger partial charge in [0, 0.05) is 6.42 Å². The largest absolute Gasteiger partial charge is 0.461 e. The molecule has 1 aliphatic carbocycles. The van der Waals surface area contributed by atoms with Crippen LogP contribution >= 0.6 is 0 Å². The first kappa shape index (κ1) is 10.5. The first-order valence-electron chi connectivity index (χ1n) is 5.84. The molecule has 1 fully saturated rings. The van der Waals surface area contributed by atoms with E-state index in [4.69, 9.17) is 4.42 Å². The fourth-order valence-corrected chi connectivity index (χ4v) is 2.40. The summed E-state index contributed by atoms with van der Waals surface area (Å²) in [6.07, 6.45) is 8.61. The van der Waals surface area contributed by atoms with Crippen molar-refractivity contribution in [3.63, 3.8) is 0 Å². The minimum absolute atomic E-state index is 0.185. The second kappa shape index (κ2) is 4.65. The van der Waals surface area contributed by atoms with E-state index in [0.29, 0.717) is 18.1 Å². The third-order valence-corrected chi connectivity index (χ3v) is 3.31. The molecule has 2 nitrogen and oxygen atoms in total. The Morgan fingerprint density at radius 3 is 2.73 bits per heavy atom. The quantitative estimate of drug-likeness (QED) is 0.705. The maximum absolute atomic E-state index is 11.9. The van der Waals surface area contributed by atoms with E-state index in [-0.39, 0.29) is 5.78 Å². The van der Waals surface area contributed by atoms with Gasteiger partial charge in [0.05, 0.1) is 6.26 Å². The van der Waals surface area contributed by atoms with E-state index in [9.17, 15) is 4.79 Å². The van der Waals surface area contributed by atoms with E-state index in [1.807, 2.05) is 13.0 Å². The van der Waals surface area contributed by atoms with Gasteiger partial charge in [0.2, 0.25) is 0 Å².